The third-order valence-corrected chi connectivity index (χ3v) is 3.33. The average Bonchev–Trinajstić information content (AvgIpc) is 2.97. The summed E-state index contributed by atoms with van der Waals surface area (Å²) in [6.07, 6.45) is 7.12. The van der Waals surface area contributed by atoms with Crippen LogP contribution in [0.1, 0.15) is 10.4 Å². The van der Waals surface area contributed by atoms with E-state index in [1.807, 2.05) is 36.8 Å². The van der Waals surface area contributed by atoms with E-state index in [-0.39, 0.29) is 5.91 Å². The summed E-state index contributed by atoms with van der Waals surface area (Å²) in [5, 5.41) is 6.07. The van der Waals surface area contributed by atoms with Crippen LogP contribution in [0.4, 0.5) is 0 Å². The predicted octanol–water partition coefficient (Wildman–Crippen LogP) is 2.15. The molecule has 1 amide bonds. The van der Waals surface area contributed by atoms with E-state index in [9.17, 15) is 4.79 Å². The molecule has 0 atom stereocenters. The van der Waals surface area contributed by atoms with Gasteiger partial charge in [-0.05, 0) is 17.5 Å². The molecule has 0 aliphatic carbocycles. The minimum atomic E-state index is -0.00717. The average molecular weight is 261 g/mol. The zero-order chi connectivity index (χ0) is 13.0. The van der Waals surface area contributed by atoms with Gasteiger partial charge in [0.15, 0.2) is 0 Å². The molecule has 0 saturated carbocycles. The van der Waals surface area contributed by atoms with Gasteiger partial charge in [-0.15, -0.1) is 11.3 Å². The number of aryl methyl sites for hydroxylation is 1. The van der Waals surface area contributed by atoms with E-state index in [1.165, 1.54) is 0 Å². The summed E-state index contributed by atoms with van der Waals surface area (Å²) in [5.74, 6) is -0.00717. The molecule has 0 radical (unpaired) electrons. The van der Waals surface area contributed by atoms with Gasteiger partial charge in [0.25, 0.3) is 0 Å². The molecule has 2 aromatic heterocycles. The van der Waals surface area contributed by atoms with Gasteiger partial charge < -0.3 is 4.90 Å². The molecule has 0 N–H and O–H groups in total. The quantitative estimate of drug-likeness (QED) is 0.791. The van der Waals surface area contributed by atoms with Crippen LogP contribution in [0.25, 0.3) is 6.08 Å². The molecule has 18 heavy (non-hydrogen) atoms. The van der Waals surface area contributed by atoms with Crippen LogP contribution in [0, 0.1) is 0 Å². The Balaban J connectivity index is 1.92. The molecule has 0 aliphatic rings. The van der Waals surface area contributed by atoms with E-state index in [0.29, 0.717) is 6.54 Å². The van der Waals surface area contributed by atoms with Crippen molar-refractivity contribution < 1.29 is 4.79 Å². The van der Waals surface area contributed by atoms with Crippen molar-refractivity contribution in [2.24, 2.45) is 7.05 Å². The number of amides is 1. The third kappa shape index (κ3) is 3.30. The van der Waals surface area contributed by atoms with Crippen LogP contribution in [-0.4, -0.2) is 27.6 Å². The number of aromatic nitrogens is 2. The van der Waals surface area contributed by atoms with E-state index in [4.69, 9.17) is 0 Å². The van der Waals surface area contributed by atoms with Crippen LogP contribution >= 0.6 is 11.3 Å². The number of carbonyl (C=O) groups excluding carboxylic acids is 1. The van der Waals surface area contributed by atoms with Gasteiger partial charge in [0, 0.05) is 43.4 Å². The molecule has 5 heteroatoms. The van der Waals surface area contributed by atoms with Gasteiger partial charge >= 0.3 is 0 Å². The highest BCUT2D eigenvalue weighted by molar-refractivity contribution is 7.10. The van der Waals surface area contributed by atoms with Crippen molar-refractivity contribution in [1.82, 2.24) is 14.7 Å². The molecule has 0 unspecified atom stereocenters. The summed E-state index contributed by atoms with van der Waals surface area (Å²) in [6, 6.07) is 3.95. The van der Waals surface area contributed by atoms with Gasteiger partial charge in [-0.1, -0.05) is 6.07 Å². The van der Waals surface area contributed by atoms with Crippen LogP contribution in [0.3, 0.4) is 0 Å². The highest BCUT2D eigenvalue weighted by atomic mass is 32.1. The first-order valence-electron chi connectivity index (χ1n) is 5.59. The van der Waals surface area contributed by atoms with Gasteiger partial charge in [0.2, 0.25) is 5.91 Å². The number of hydrogen-bond acceptors (Lipinski definition) is 3. The van der Waals surface area contributed by atoms with Crippen molar-refractivity contribution in [3.05, 3.63) is 46.4 Å². The van der Waals surface area contributed by atoms with Crippen LogP contribution in [-0.2, 0) is 18.4 Å². The molecule has 0 saturated heterocycles. The number of hydrogen-bond donors (Lipinski definition) is 0. The fourth-order valence-corrected chi connectivity index (χ4v) is 2.19. The third-order valence-electron chi connectivity index (χ3n) is 2.49. The van der Waals surface area contributed by atoms with Gasteiger partial charge in [-0.3, -0.25) is 9.48 Å². The molecule has 0 spiro atoms. The minimum absolute atomic E-state index is 0.00717. The number of carbonyl (C=O) groups is 1. The summed E-state index contributed by atoms with van der Waals surface area (Å²) < 4.78 is 1.73. The molecule has 0 aromatic carbocycles. The predicted molar refractivity (Wildman–Crippen MR) is 73.0 cm³/mol. The lowest BCUT2D eigenvalue weighted by molar-refractivity contribution is -0.125. The van der Waals surface area contributed by atoms with Gasteiger partial charge in [0.1, 0.15) is 0 Å². The molecule has 0 fully saturated rings. The van der Waals surface area contributed by atoms with E-state index < -0.39 is 0 Å². The van der Waals surface area contributed by atoms with Crippen LogP contribution in [0.2, 0.25) is 0 Å². The van der Waals surface area contributed by atoms with Gasteiger partial charge in [-0.25, -0.2) is 0 Å². The van der Waals surface area contributed by atoms with E-state index in [2.05, 4.69) is 5.10 Å². The number of likely N-dealkylation sites (N-methyl/N-ethyl adjacent to an activating group) is 1. The lowest BCUT2D eigenvalue weighted by Gasteiger charge is -2.13. The lowest BCUT2D eigenvalue weighted by atomic mass is 10.3. The van der Waals surface area contributed by atoms with Crippen molar-refractivity contribution in [3.63, 3.8) is 0 Å². The fourth-order valence-electron chi connectivity index (χ4n) is 1.57. The maximum absolute atomic E-state index is 11.9. The van der Waals surface area contributed by atoms with Crippen LogP contribution < -0.4 is 0 Å². The summed E-state index contributed by atoms with van der Waals surface area (Å²) in [6.45, 7) is 0.571. The summed E-state index contributed by atoms with van der Waals surface area (Å²) >= 11 is 1.61. The van der Waals surface area contributed by atoms with Crippen molar-refractivity contribution >= 4 is 23.3 Å². The second-order valence-corrected chi connectivity index (χ2v) is 5.04. The summed E-state index contributed by atoms with van der Waals surface area (Å²) in [7, 11) is 3.65. The Bertz CT molecular complexity index is 542. The van der Waals surface area contributed by atoms with Crippen molar-refractivity contribution in [2.75, 3.05) is 7.05 Å². The van der Waals surface area contributed by atoms with Crippen molar-refractivity contribution in [2.45, 2.75) is 6.54 Å². The second-order valence-electron chi connectivity index (χ2n) is 4.07. The second kappa shape index (κ2) is 5.64. The first-order valence-corrected chi connectivity index (χ1v) is 6.47. The summed E-state index contributed by atoms with van der Waals surface area (Å²) in [5.41, 5.74) is 1.03. The molecule has 2 aromatic rings. The Kier molecular flexibility index (Phi) is 3.94. The Morgan fingerprint density at radius 2 is 2.44 bits per heavy atom. The molecular weight excluding hydrogens is 246 g/mol. The van der Waals surface area contributed by atoms with Crippen molar-refractivity contribution in [3.8, 4) is 0 Å². The van der Waals surface area contributed by atoms with Crippen LogP contribution in [0.5, 0.6) is 0 Å². The minimum Gasteiger partial charge on any atom is -0.338 e. The highest BCUT2D eigenvalue weighted by Gasteiger charge is 2.06. The van der Waals surface area contributed by atoms with Crippen LogP contribution in [0.15, 0.2) is 36.0 Å². The summed E-state index contributed by atoms with van der Waals surface area (Å²) in [4.78, 5) is 14.6. The molecule has 94 valence electrons. The zero-order valence-corrected chi connectivity index (χ0v) is 11.2. The van der Waals surface area contributed by atoms with E-state index in [0.717, 1.165) is 10.4 Å². The Labute approximate surface area is 110 Å². The van der Waals surface area contributed by atoms with E-state index in [1.54, 1.807) is 40.2 Å². The van der Waals surface area contributed by atoms with Gasteiger partial charge in [-0.2, -0.15) is 5.10 Å². The fraction of sp³-hybridized carbons (Fsp3) is 0.231. The monoisotopic (exact) mass is 261 g/mol. The maximum atomic E-state index is 11.9. The topological polar surface area (TPSA) is 38.1 Å². The maximum Gasteiger partial charge on any atom is 0.246 e. The first kappa shape index (κ1) is 12.6. The standard InChI is InChI=1S/C13H15N3OS/c1-15(9-11-8-14-16(2)10-11)13(17)6-5-12-4-3-7-18-12/h3-8,10H,9H2,1-2H3/b6-5+. The lowest BCUT2D eigenvalue weighted by Crippen LogP contribution is -2.23. The molecule has 2 heterocycles. The van der Waals surface area contributed by atoms with E-state index >= 15 is 0 Å². The Morgan fingerprint density at radius 3 is 3.06 bits per heavy atom. The number of thiophene rings is 1. The molecule has 4 nitrogen and oxygen atoms in total. The molecule has 0 bridgehead atoms. The molecule has 0 aliphatic heterocycles. The van der Waals surface area contributed by atoms with Crippen molar-refractivity contribution in [1.29, 1.82) is 0 Å². The Hall–Kier alpha value is -1.88. The first-order chi connectivity index (χ1) is 8.65. The molecular formula is C13H15N3OS. The Morgan fingerprint density at radius 1 is 1.61 bits per heavy atom. The van der Waals surface area contributed by atoms with Gasteiger partial charge in [0.05, 0.1) is 6.20 Å². The SMILES string of the molecule is CN(Cc1cnn(C)c1)C(=O)/C=C/c1cccs1. The smallest absolute Gasteiger partial charge is 0.246 e. The largest absolute Gasteiger partial charge is 0.338 e. The highest BCUT2D eigenvalue weighted by Crippen LogP contribution is 2.10. The normalized spacial score (nSPS) is 11.0. The number of rotatable bonds is 4. The molecule has 2 rings (SSSR count). The zero-order valence-electron chi connectivity index (χ0n) is 10.4. The number of nitrogens with zero attached hydrogens (tertiary/aromatic N) is 3.